The Kier molecular flexibility index (Phi) is 3.00. The maximum atomic E-state index is 12.2. The van der Waals surface area contributed by atoms with Crippen molar-refractivity contribution in [2.45, 2.75) is 13.5 Å². The van der Waals surface area contributed by atoms with E-state index in [1.54, 1.807) is 34.3 Å². The number of hydrogen-bond acceptors (Lipinski definition) is 4. The number of fused-ring (bicyclic) bond motifs is 1. The highest BCUT2D eigenvalue weighted by molar-refractivity contribution is 7.09. The molecular weight excluding hydrogens is 260 g/mol. The van der Waals surface area contributed by atoms with E-state index in [1.807, 2.05) is 24.4 Å². The summed E-state index contributed by atoms with van der Waals surface area (Å²) in [7, 11) is 0. The lowest BCUT2D eigenvalue weighted by Crippen LogP contribution is -2.24. The van der Waals surface area contributed by atoms with Gasteiger partial charge < -0.3 is 5.32 Å². The van der Waals surface area contributed by atoms with Crippen LogP contribution in [0.4, 0.5) is 0 Å². The van der Waals surface area contributed by atoms with Crippen molar-refractivity contribution in [1.82, 2.24) is 19.7 Å². The van der Waals surface area contributed by atoms with Crippen LogP contribution in [0.2, 0.25) is 0 Å². The summed E-state index contributed by atoms with van der Waals surface area (Å²) in [4.78, 5) is 21.7. The van der Waals surface area contributed by atoms with Gasteiger partial charge in [0.25, 0.3) is 5.91 Å². The van der Waals surface area contributed by atoms with E-state index in [-0.39, 0.29) is 5.91 Å². The maximum absolute atomic E-state index is 12.2. The molecule has 5 nitrogen and oxygen atoms in total. The van der Waals surface area contributed by atoms with Crippen LogP contribution in [0.3, 0.4) is 0 Å². The van der Waals surface area contributed by atoms with E-state index in [0.717, 1.165) is 4.88 Å². The van der Waals surface area contributed by atoms with Crippen LogP contribution in [-0.2, 0) is 6.54 Å². The molecule has 3 rings (SSSR count). The summed E-state index contributed by atoms with van der Waals surface area (Å²) in [5, 5.41) is 4.90. The van der Waals surface area contributed by atoms with Crippen LogP contribution in [0.5, 0.6) is 0 Å². The van der Waals surface area contributed by atoms with Crippen LogP contribution in [-0.4, -0.2) is 20.3 Å². The normalized spacial score (nSPS) is 10.8. The van der Waals surface area contributed by atoms with Crippen molar-refractivity contribution in [2.75, 3.05) is 0 Å². The fraction of sp³-hybridized carbons (Fsp3) is 0.154. The van der Waals surface area contributed by atoms with E-state index in [4.69, 9.17) is 0 Å². The van der Waals surface area contributed by atoms with Gasteiger partial charge in [-0.3, -0.25) is 14.2 Å². The fourth-order valence-electron chi connectivity index (χ4n) is 1.96. The Morgan fingerprint density at radius 2 is 2.42 bits per heavy atom. The lowest BCUT2D eigenvalue weighted by atomic mass is 10.3. The van der Waals surface area contributed by atoms with E-state index in [9.17, 15) is 4.79 Å². The quantitative estimate of drug-likeness (QED) is 0.793. The summed E-state index contributed by atoms with van der Waals surface area (Å²) < 4.78 is 1.76. The first kappa shape index (κ1) is 11.9. The molecule has 1 N–H and O–H groups in total. The van der Waals surface area contributed by atoms with Crippen molar-refractivity contribution in [3.8, 4) is 0 Å². The van der Waals surface area contributed by atoms with Crippen LogP contribution in [0.15, 0.2) is 36.1 Å². The predicted molar refractivity (Wildman–Crippen MR) is 73.2 cm³/mol. The number of carbonyl (C=O) groups excluding carboxylic acids is 1. The van der Waals surface area contributed by atoms with Crippen molar-refractivity contribution in [2.24, 2.45) is 0 Å². The molecule has 0 aliphatic heterocycles. The van der Waals surface area contributed by atoms with Gasteiger partial charge in [-0.25, -0.2) is 4.98 Å². The Balaban J connectivity index is 1.87. The lowest BCUT2D eigenvalue weighted by Gasteiger charge is -2.04. The summed E-state index contributed by atoms with van der Waals surface area (Å²) in [5.41, 5.74) is 1.95. The molecule has 0 aliphatic carbocycles. The van der Waals surface area contributed by atoms with Crippen molar-refractivity contribution in [1.29, 1.82) is 0 Å². The Bertz CT molecular complexity index is 717. The molecular formula is C13H12N4OS. The van der Waals surface area contributed by atoms with Gasteiger partial charge in [0.1, 0.15) is 5.69 Å². The third-order valence-electron chi connectivity index (χ3n) is 2.82. The molecule has 19 heavy (non-hydrogen) atoms. The molecule has 3 aromatic rings. The van der Waals surface area contributed by atoms with Gasteiger partial charge >= 0.3 is 0 Å². The van der Waals surface area contributed by atoms with Gasteiger partial charge in [-0.2, -0.15) is 0 Å². The lowest BCUT2D eigenvalue weighted by molar-refractivity contribution is 0.0944. The fourth-order valence-corrected chi connectivity index (χ4v) is 2.61. The number of aryl methyl sites for hydroxylation is 1. The summed E-state index contributed by atoms with van der Waals surface area (Å²) in [6, 6.07) is 3.97. The van der Waals surface area contributed by atoms with E-state index in [2.05, 4.69) is 15.3 Å². The summed E-state index contributed by atoms with van der Waals surface area (Å²) in [6.07, 6.45) is 5.03. The zero-order valence-electron chi connectivity index (χ0n) is 10.3. The number of imidazole rings is 1. The second kappa shape index (κ2) is 4.81. The zero-order chi connectivity index (χ0) is 13.2. The van der Waals surface area contributed by atoms with Crippen LogP contribution in [0, 0.1) is 6.92 Å². The molecule has 96 valence electrons. The number of carbonyl (C=O) groups is 1. The first-order chi connectivity index (χ1) is 9.25. The van der Waals surface area contributed by atoms with E-state index < -0.39 is 0 Å². The first-order valence-electron chi connectivity index (χ1n) is 5.85. The van der Waals surface area contributed by atoms with Crippen LogP contribution < -0.4 is 5.32 Å². The monoisotopic (exact) mass is 272 g/mol. The smallest absolute Gasteiger partial charge is 0.270 e. The Morgan fingerprint density at radius 1 is 1.53 bits per heavy atom. The highest BCUT2D eigenvalue weighted by Gasteiger charge is 2.16. The molecule has 0 fully saturated rings. The Hall–Kier alpha value is -2.21. The number of aromatic nitrogens is 3. The number of rotatable bonds is 3. The molecule has 0 saturated heterocycles. The standard InChI is InChI=1S/C13H12N4OS/c1-9-12(17-5-4-14-8-11(17)16-9)13(18)15-7-10-3-2-6-19-10/h2-6,8H,7H2,1H3,(H,15,18). The molecule has 0 spiro atoms. The van der Waals surface area contributed by atoms with Crippen molar-refractivity contribution >= 4 is 22.9 Å². The van der Waals surface area contributed by atoms with Gasteiger partial charge in [-0.1, -0.05) is 6.07 Å². The van der Waals surface area contributed by atoms with Crippen molar-refractivity contribution in [3.63, 3.8) is 0 Å². The molecule has 3 heterocycles. The molecule has 0 aromatic carbocycles. The second-order valence-electron chi connectivity index (χ2n) is 4.11. The molecule has 0 aliphatic rings. The zero-order valence-corrected chi connectivity index (χ0v) is 11.1. The summed E-state index contributed by atoms with van der Waals surface area (Å²) in [5.74, 6) is -0.121. The summed E-state index contributed by atoms with van der Waals surface area (Å²) in [6.45, 7) is 2.36. The molecule has 0 saturated carbocycles. The van der Waals surface area contributed by atoms with Crippen LogP contribution in [0.25, 0.3) is 5.65 Å². The van der Waals surface area contributed by atoms with E-state index in [1.165, 1.54) is 0 Å². The van der Waals surface area contributed by atoms with Crippen LogP contribution in [0.1, 0.15) is 21.1 Å². The maximum Gasteiger partial charge on any atom is 0.270 e. The topological polar surface area (TPSA) is 59.3 Å². The third-order valence-corrected chi connectivity index (χ3v) is 3.70. The van der Waals surface area contributed by atoms with Gasteiger partial charge in [0.15, 0.2) is 5.65 Å². The molecule has 0 unspecified atom stereocenters. The molecule has 0 atom stereocenters. The van der Waals surface area contributed by atoms with Gasteiger partial charge in [0.2, 0.25) is 0 Å². The predicted octanol–water partition coefficient (Wildman–Crippen LogP) is 2.03. The number of amides is 1. The Morgan fingerprint density at radius 3 is 3.21 bits per heavy atom. The molecule has 6 heteroatoms. The van der Waals surface area contributed by atoms with Gasteiger partial charge in [0.05, 0.1) is 18.4 Å². The number of nitrogens with one attached hydrogen (secondary N) is 1. The average molecular weight is 272 g/mol. The average Bonchev–Trinajstić information content (AvgIpc) is 3.02. The highest BCUT2D eigenvalue weighted by Crippen LogP contribution is 2.12. The largest absolute Gasteiger partial charge is 0.346 e. The highest BCUT2D eigenvalue weighted by atomic mass is 32.1. The van der Waals surface area contributed by atoms with Gasteiger partial charge in [-0.05, 0) is 18.4 Å². The second-order valence-corrected chi connectivity index (χ2v) is 5.14. The molecule has 1 amide bonds. The van der Waals surface area contributed by atoms with E-state index in [0.29, 0.717) is 23.6 Å². The number of thiophene rings is 1. The van der Waals surface area contributed by atoms with Crippen LogP contribution >= 0.6 is 11.3 Å². The summed E-state index contributed by atoms with van der Waals surface area (Å²) >= 11 is 1.62. The van der Waals surface area contributed by atoms with Gasteiger partial charge in [0, 0.05) is 17.3 Å². The number of hydrogen-bond donors (Lipinski definition) is 1. The SMILES string of the molecule is Cc1nc2cnccn2c1C(=O)NCc1cccs1. The van der Waals surface area contributed by atoms with Crippen molar-refractivity contribution < 1.29 is 4.79 Å². The number of nitrogens with zero attached hydrogens (tertiary/aromatic N) is 3. The van der Waals surface area contributed by atoms with Gasteiger partial charge in [-0.15, -0.1) is 11.3 Å². The minimum atomic E-state index is -0.121. The third kappa shape index (κ3) is 2.22. The molecule has 3 aromatic heterocycles. The minimum absolute atomic E-state index is 0.121. The molecule has 0 bridgehead atoms. The Labute approximate surface area is 113 Å². The molecule has 0 radical (unpaired) electrons. The van der Waals surface area contributed by atoms with E-state index >= 15 is 0 Å². The minimum Gasteiger partial charge on any atom is -0.346 e. The first-order valence-corrected chi connectivity index (χ1v) is 6.73. The van der Waals surface area contributed by atoms with Crippen molar-refractivity contribution in [3.05, 3.63) is 52.4 Å².